The van der Waals surface area contributed by atoms with Crippen molar-refractivity contribution in [2.24, 2.45) is 0 Å². The van der Waals surface area contributed by atoms with Crippen LogP contribution in [-0.4, -0.2) is 38.7 Å². The van der Waals surface area contributed by atoms with Crippen molar-refractivity contribution >= 4 is 40.2 Å². The summed E-state index contributed by atoms with van der Waals surface area (Å²) in [5, 5.41) is 1.49. The number of piperidine rings is 1. The molecule has 3 heterocycles. The fourth-order valence-electron chi connectivity index (χ4n) is 3.66. The fourth-order valence-corrected chi connectivity index (χ4v) is 4.71. The number of thioether (sulfide) groups is 1. The first-order chi connectivity index (χ1) is 14.0. The Bertz CT molecular complexity index is 1080. The summed E-state index contributed by atoms with van der Waals surface area (Å²) in [6.07, 6.45) is 4.81. The number of carbonyl (C=O) groups is 1. The van der Waals surface area contributed by atoms with E-state index in [0.717, 1.165) is 25.8 Å². The molecule has 0 radical (unpaired) electrons. The largest absolute Gasteiger partial charge is 0.467 e. The standard InChI is InChI=1S/C21H22ClN3O3S/c1-14-5-2-3-9-24(14)19(26)13-29-21-23-18-11-15(22)7-8-17(18)20(27)25(21)12-16-6-4-10-28-16/h4,6-8,10-11,14H,2-3,5,9,12-13H2,1H3. The zero-order valence-electron chi connectivity index (χ0n) is 16.1. The van der Waals surface area contributed by atoms with Crippen molar-refractivity contribution in [3.8, 4) is 0 Å². The monoisotopic (exact) mass is 431 g/mol. The molecule has 1 atom stereocenters. The molecule has 0 spiro atoms. The van der Waals surface area contributed by atoms with Crippen LogP contribution in [0.1, 0.15) is 31.9 Å². The van der Waals surface area contributed by atoms with E-state index < -0.39 is 0 Å². The Balaban J connectivity index is 1.65. The summed E-state index contributed by atoms with van der Waals surface area (Å²) in [6, 6.07) is 8.88. The molecule has 6 nitrogen and oxygen atoms in total. The summed E-state index contributed by atoms with van der Waals surface area (Å²) in [5.74, 6) is 0.966. The molecule has 4 rings (SSSR count). The second-order valence-electron chi connectivity index (χ2n) is 7.25. The number of amides is 1. The first-order valence-corrected chi connectivity index (χ1v) is 11.0. The van der Waals surface area contributed by atoms with Gasteiger partial charge in [-0.2, -0.15) is 0 Å². The maximum absolute atomic E-state index is 13.1. The summed E-state index contributed by atoms with van der Waals surface area (Å²) in [4.78, 5) is 32.5. The number of hydrogen-bond acceptors (Lipinski definition) is 5. The molecular formula is C21H22ClN3O3S. The highest BCUT2D eigenvalue weighted by Gasteiger charge is 2.24. The third kappa shape index (κ3) is 4.36. The molecule has 1 unspecified atom stereocenters. The number of halogens is 1. The highest BCUT2D eigenvalue weighted by atomic mass is 35.5. The summed E-state index contributed by atoms with van der Waals surface area (Å²) in [7, 11) is 0. The van der Waals surface area contributed by atoms with Gasteiger partial charge in [0.15, 0.2) is 5.16 Å². The Morgan fingerprint density at radius 2 is 2.21 bits per heavy atom. The van der Waals surface area contributed by atoms with Gasteiger partial charge in [-0.15, -0.1) is 0 Å². The van der Waals surface area contributed by atoms with Crippen molar-refractivity contribution in [3.05, 3.63) is 57.7 Å². The van der Waals surface area contributed by atoms with E-state index in [2.05, 4.69) is 11.9 Å². The Labute approximate surface area is 177 Å². The Morgan fingerprint density at radius 3 is 2.97 bits per heavy atom. The van der Waals surface area contributed by atoms with Crippen LogP contribution in [0.5, 0.6) is 0 Å². The van der Waals surface area contributed by atoms with E-state index in [4.69, 9.17) is 16.0 Å². The zero-order chi connectivity index (χ0) is 20.4. The second-order valence-corrected chi connectivity index (χ2v) is 8.63. The number of carbonyl (C=O) groups excluding carboxylic acids is 1. The van der Waals surface area contributed by atoms with Crippen LogP contribution in [0.2, 0.25) is 5.02 Å². The molecule has 0 N–H and O–H groups in total. The van der Waals surface area contributed by atoms with Crippen LogP contribution in [-0.2, 0) is 11.3 Å². The molecule has 1 saturated heterocycles. The van der Waals surface area contributed by atoms with Crippen LogP contribution in [0.3, 0.4) is 0 Å². The minimum atomic E-state index is -0.177. The third-order valence-electron chi connectivity index (χ3n) is 5.22. The highest BCUT2D eigenvalue weighted by molar-refractivity contribution is 7.99. The lowest BCUT2D eigenvalue weighted by Gasteiger charge is -2.33. The molecule has 0 aliphatic carbocycles. The van der Waals surface area contributed by atoms with Gasteiger partial charge in [0.25, 0.3) is 5.56 Å². The van der Waals surface area contributed by atoms with Gasteiger partial charge in [-0.3, -0.25) is 14.2 Å². The van der Waals surface area contributed by atoms with Gasteiger partial charge < -0.3 is 9.32 Å². The van der Waals surface area contributed by atoms with Crippen LogP contribution in [0.4, 0.5) is 0 Å². The van der Waals surface area contributed by atoms with Crippen molar-refractivity contribution in [1.82, 2.24) is 14.5 Å². The van der Waals surface area contributed by atoms with Crippen molar-refractivity contribution in [1.29, 1.82) is 0 Å². The number of rotatable bonds is 5. The Kier molecular flexibility index (Phi) is 5.96. The smallest absolute Gasteiger partial charge is 0.262 e. The molecule has 1 aromatic carbocycles. The quantitative estimate of drug-likeness (QED) is 0.447. The molecule has 29 heavy (non-hydrogen) atoms. The van der Waals surface area contributed by atoms with Gasteiger partial charge in [0.2, 0.25) is 5.91 Å². The van der Waals surface area contributed by atoms with Gasteiger partial charge in [0.05, 0.1) is 29.5 Å². The van der Waals surface area contributed by atoms with E-state index in [1.807, 2.05) is 11.0 Å². The van der Waals surface area contributed by atoms with E-state index >= 15 is 0 Å². The summed E-state index contributed by atoms with van der Waals surface area (Å²) in [5.41, 5.74) is 0.351. The van der Waals surface area contributed by atoms with E-state index in [9.17, 15) is 9.59 Å². The first-order valence-electron chi connectivity index (χ1n) is 9.67. The van der Waals surface area contributed by atoms with Crippen molar-refractivity contribution in [2.75, 3.05) is 12.3 Å². The van der Waals surface area contributed by atoms with Gasteiger partial charge in [0.1, 0.15) is 5.76 Å². The average molecular weight is 432 g/mol. The molecule has 8 heteroatoms. The Hall–Kier alpha value is -2.25. The van der Waals surface area contributed by atoms with E-state index in [-0.39, 0.29) is 29.8 Å². The Morgan fingerprint density at radius 1 is 1.34 bits per heavy atom. The number of hydrogen-bond donors (Lipinski definition) is 0. The van der Waals surface area contributed by atoms with Crippen LogP contribution in [0.25, 0.3) is 10.9 Å². The molecule has 1 aliphatic heterocycles. The number of benzene rings is 1. The van der Waals surface area contributed by atoms with Gasteiger partial charge in [0, 0.05) is 17.6 Å². The minimum absolute atomic E-state index is 0.0761. The van der Waals surface area contributed by atoms with Crippen LogP contribution >= 0.6 is 23.4 Å². The number of fused-ring (bicyclic) bond motifs is 1. The van der Waals surface area contributed by atoms with Gasteiger partial charge in [-0.25, -0.2) is 4.98 Å². The van der Waals surface area contributed by atoms with E-state index in [1.54, 1.807) is 35.1 Å². The zero-order valence-corrected chi connectivity index (χ0v) is 17.7. The van der Waals surface area contributed by atoms with Gasteiger partial charge in [-0.1, -0.05) is 23.4 Å². The SMILES string of the molecule is CC1CCCCN1C(=O)CSc1nc2cc(Cl)ccc2c(=O)n1Cc1ccco1. The molecule has 0 bridgehead atoms. The van der Waals surface area contributed by atoms with Gasteiger partial charge in [-0.05, 0) is 56.5 Å². The fraction of sp³-hybridized carbons (Fsp3) is 0.381. The maximum atomic E-state index is 13.1. The lowest BCUT2D eigenvalue weighted by Crippen LogP contribution is -2.43. The minimum Gasteiger partial charge on any atom is -0.467 e. The van der Waals surface area contributed by atoms with Crippen molar-refractivity contribution < 1.29 is 9.21 Å². The molecule has 3 aromatic rings. The van der Waals surface area contributed by atoms with Gasteiger partial charge >= 0.3 is 0 Å². The number of aromatic nitrogens is 2. The van der Waals surface area contributed by atoms with E-state index in [1.165, 1.54) is 11.8 Å². The normalized spacial score (nSPS) is 17.0. The summed E-state index contributed by atoms with van der Waals surface area (Å²) < 4.78 is 6.98. The molecule has 1 fully saturated rings. The average Bonchev–Trinajstić information content (AvgIpc) is 3.22. The molecule has 2 aromatic heterocycles. The second kappa shape index (κ2) is 8.63. The predicted molar refractivity (Wildman–Crippen MR) is 115 cm³/mol. The lowest BCUT2D eigenvalue weighted by atomic mass is 10.0. The van der Waals surface area contributed by atoms with Crippen LogP contribution in [0, 0.1) is 0 Å². The summed E-state index contributed by atoms with van der Waals surface area (Å²) >= 11 is 7.38. The summed E-state index contributed by atoms with van der Waals surface area (Å²) in [6.45, 7) is 3.14. The first kappa shape index (κ1) is 20.0. The van der Waals surface area contributed by atoms with E-state index in [0.29, 0.717) is 26.8 Å². The van der Waals surface area contributed by atoms with Crippen LogP contribution in [0.15, 0.2) is 51.0 Å². The maximum Gasteiger partial charge on any atom is 0.262 e. The molecule has 0 saturated carbocycles. The van der Waals surface area contributed by atoms with Crippen LogP contribution < -0.4 is 5.56 Å². The topological polar surface area (TPSA) is 68.3 Å². The lowest BCUT2D eigenvalue weighted by molar-refractivity contribution is -0.131. The molecule has 1 amide bonds. The predicted octanol–water partition coefficient (Wildman–Crippen LogP) is 4.18. The number of nitrogens with zero attached hydrogens (tertiary/aromatic N) is 3. The van der Waals surface area contributed by atoms with Crippen molar-refractivity contribution in [3.63, 3.8) is 0 Å². The number of furan rings is 1. The molecule has 1 aliphatic rings. The van der Waals surface area contributed by atoms with Crippen molar-refractivity contribution in [2.45, 2.75) is 43.9 Å². The molecule has 152 valence electrons. The third-order valence-corrected chi connectivity index (χ3v) is 6.42. The highest BCUT2D eigenvalue weighted by Crippen LogP contribution is 2.23. The molecular weight excluding hydrogens is 410 g/mol. The number of likely N-dealkylation sites (tertiary alicyclic amines) is 1.